The summed E-state index contributed by atoms with van der Waals surface area (Å²) in [5.41, 5.74) is 1.47. The number of nitrogens with zero attached hydrogens (tertiary/aromatic N) is 3. The van der Waals surface area contributed by atoms with Crippen LogP contribution in [0.25, 0.3) is 0 Å². The summed E-state index contributed by atoms with van der Waals surface area (Å²) in [6.07, 6.45) is 6.95. The quantitative estimate of drug-likeness (QED) is 0.895. The normalized spacial score (nSPS) is 12.0. The molecule has 0 radical (unpaired) electrons. The van der Waals surface area contributed by atoms with E-state index in [1.807, 2.05) is 19.4 Å². The smallest absolute Gasteiger partial charge is 0.110 e. The van der Waals surface area contributed by atoms with Crippen LogP contribution in [0.15, 0.2) is 30.7 Å². The summed E-state index contributed by atoms with van der Waals surface area (Å²) in [4.78, 5) is 4.36. The van der Waals surface area contributed by atoms with E-state index in [4.69, 9.17) is 0 Å². The molecule has 0 aliphatic rings. The Kier molecular flexibility index (Phi) is 4.10. The molecular weight excluding hydrogens is 236 g/mol. The molecule has 4 heteroatoms. The van der Waals surface area contributed by atoms with E-state index in [1.165, 1.54) is 5.69 Å². The molecule has 104 valence electrons. The van der Waals surface area contributed by atoms with Crippen LogP contribution in [-0.2, 0) is 26.6 Å². The van der Waals surface area contributed by atoms with Crippen molar-refractivity contribution in [3.05, 3.63) is 42.2 Å². The van der Waals surface area contributed by atoms with Gasteiger partial charge in [0.2, 0.25) is 0 Å². The first kappa shape index (κ1) is 13.9. The van der Waals surface area contributed by atoms with Gasteiger partial charge in [-0.3, -0.25) is 0 Å². The van der Waals surface area contributed by atoms with Crippen molar-refractivity contribution in [3.8, 4) is 0 Å². The van der Waals surface area contributed by atoms with Gasteiger partial charge < -0.3 is 14.5 Å². The molecule has 0 aliphatic carbocycles. The molecule has 1 N–H and O–H groups in total. The summed E-state index contributed by atoms with van der Waals surface area (Å²) in [7, 11) is 2.04. The fourth-order valence-corrected chi connectivity index (χ4v) is 2.04. The predicted octanol–water partition coefficient (Wildman–Crippen LogP) is 2.35. The van der Waals surface area contributed by atoms with E-state index in [1.54, 1.807) is 0 Å². The van der Waals surface area contributed by atoms with Crippen LogP contribution in [0.2, 0.25) is 0 Å². The molecule has 0 bridgehead atoms. The molecule has 19 heavy (non-hydrogen) atoms. The molecule has 0 aromatic carbocycles. The van der Waals surface area contributed by atoms with Crippen molar-refractivity contribution in [2.75, 3.05) is 0 Å². The molecule has 2 rings (SSSR count). The summed E-state index contributed by atoms with van der Waals surface area (Å²) >= 11 is 0. The molecule has 0 spiro atoms. The molecule has 0 atom stereocenters. The van der Waals surface area contributed by atoms with Gasteiger partial charge in [0, 0.05) is 56.4 Å². The van der Waals surface area contributed by atoms with Crippen LogP contribution in [0.3, 0.4) is 0 Å². The Morgan fingerprint density at radius 3 is 2.68 bits per heavy atom. The fourth-order valence-electron chi connectivity index (χ4n) is 2.04. The van der Waals surface area contributed by atoms with E-state index in [2.05, 4.69) is 58.5 Å². The maximum atomic E-state index is 4.36. The third kappa shape index (κ3) is 3.96. The highest BCUT2D eigenvalue weighted by Gasteiger charge is 2.10. The number of imidazole rings is 1. The molecular formula is C15H24N4. The largest absolute Gasteiger partial charge is 0.350 e. The summed E-state index contributed by atoms with van der Waals surface area (Å²) in [5, 5.41) is 3.53. The fraction of sp³-hybridized carbons (Fsp3) is 0.533. The van der Waals surface area contributed by atoms with E-state index in [0.717, 1.165) is 25.3 Å². The second-order valence-electron chi connectivity index (χ2n) is 6.00. The van der Waals surface area contributed by atoms with Crippen molar-refractivity contribution in [1.82, 2.24) is 19.4 Å². The molecule has 0 saturated heterocycles. The Hall–Kier alpha value is -1.55. The van der Waals surface area contributed by atoms with E-state index < -0.39 is 0 Å². The van der Waals surface area contributed by atoms with E-state index in [9.17, 15) is 0 Å². The number of nitrogens with one attached hydrogen (secondary N) is 1. The lowest BCUT2D eigenvalue weighted by atomic mass is 10.1. The van der Waals surface area contributed by atoms with Gasteiger partial charge in [-0.05, 0) is 32.9 Å². The number of aromatic nitrogens is 3. The Morgan fingerprint density at radius 2 is 2.05 bits per heavy atom. The van der Waals surface area contributed by atoms with Crippen LogP contribution in [0.4, 0.5) is 0 Å². The van der Waals surface area contributed by atoms with Crippen molar-refractivity contribution in [3.63, 3.8) is 0 Å². The Balaban J connectivity index is 1.94. The maximum absolute atomic E-state index is 4.36. The van der Waals surface area contributed by atoms with Crippen LogP contribution in [0, 0.1) is 0 Å². The van der Waals surface area contributed by atoms with E-state index in [0.29, 0.717) is 0 Å². The zero-order chi connectivity index (χ0) is 13.9. The van der Waals surface area contributed by atoms with Crippen molar-refractivity contribution in [2.45, 2.75) is 45.8 Å². The van der Waals surface area contributed by atoms with Crippen molar-refractivity contribution >= 4 is 0 Å². The first-order valence-electron chi connectivity index (χ1n) is 6.81. The Morgan fingerprint density at radius 1 is 1.26 bits per heavy atom. The van der Waals surface area contributed by atoms with Gasteiger partial charge in [0.05, 0.1) is 0 Å². The monoisotopic (exact) mass is 260 g/mol. The van der Waals surface area contributed by atoms with Crippen LogP contribution in [0.5, 0.6) is 0 Å². The van der Waals surface area contributed by atoms with Crippen LogP contribution >= 0.6 is 0 Å². The first-order valence-corrected chi connectivity index (χ1v) is 6.81. The van der Waals surface area contributed by atoms with Gasteiger partial charge in [-0.15, -0.1) is 0 Å². The number of hydrogen-bond acceptors (Lipinski definition) is 2. The van der Waals surface area contributed by atoms with Gasteiger partial charge in [-0.25, -0.2) is 4.98 Å². The zero-order valence-corrected chi connectivity index (χ0v) is 12.3. The van der Waals surface area contributed by atoms with Crippen molar-refractivity contribution in [2.24, 2.45) is 7.05 Å². The number of rotatable bonds is 5. The first-order chi connectivity index (χ1) is 8.96. The minimum absolute atomic E-state index is 0.148. The van der Waals surface area contributed by atoms with E-state index in [-0.39, 0.29) is 5.54 Å². The topological polar surface area (TPSA) is 34.8 Å². The Bertz CT molecular complexity index is 516. The van der Waals surface area contributed by atoms with Crippen molar-refractivity contribution in [1.29, 1.82) is 0 Å². The molecule has 0 amide bonds. The minimum Gasteiger partial charge on any atom is -0.350 e. The van der Waals surface area contributed by atoms with Crippen LogP contribution in [-0.4, -0.2) is 19.7 Å². The van der Waals surface area contributed by atoms with Gasteiger partial charge in [0.15, 0.2) is 0 Å². The number of aryl methyl sites for hydroxylation is 3. The Labute approximate surface area is 115 Å². The van der Waals surface area contributed by atoms with Gasteiger partial charge in [-0.2, -0.15) is 0 Å². The highest BCUT2D eigenvalue weighted by Crippen LogP contribution is 2.07. The second kappa shape index (κ2) is 5.61. The van der Waals surface area contributed by atoms with Gasteiger partial charge in [-0.1, -0.05) is 0 Å². The molecule has 0 saturated carbocycles. The van der Waals surface area contributed by atoms with Gasteiger partial charge >= 0.3 is 0 Å². The average molecular weight is 260 g/mol. The third-order valence-corrected chi connectivity index (χ3v) is 3.22. The average Bonchev–Trinajstić information content (AvgIpc) is 2.91. The van der Waals surface area contributed by atoms with Gasteiger partial charge in [0.25, 0.3) is 0 Å². The molecule has 0 unspecified atom stereocenters. The molecule has 0 aliphatic heterocycles. The minimum atomic E-state index is 0.148. The SMILES string of the molecule is Cn1ccnc1CCn1cccc1CNC(C)(C)C. The third-order valence-electron chi connectivity index (χ3n) is 3.22. The lowest BCUT2D eigenvalue weighted by Gasteiger charge is -2.21. The van der Waals surface area contributed by atoms with Crippen LogP contribution < -0.4 is 5.32 Å². The molecule has 2 aromatic rings. The summed E-state index contributed by atoms with van der Waals surface area (Å²) in [5.74, 6) is 1.13. The molecule has 0 fully saturated rings. The lowest BCUT2D eigenvalue weighted by Crippen LogP contribution is -2.35. The van der Waals surface area contributed by atoms with Gasteiger partial charge in [0.1, 0.15) is 5.82 Å². The molecule has 2 aromatic heterocycles. The summed E-state index contributed by atoms with van der Waals surface area (Å²) in [6.45, 7) is 8.44. The summed E-state index contributed by atoms with van der Waals surface area (Å²) in [6, 6.07) is 4.29. The maximum Gasteiger partial charge on any atom is 0.110 e. The molecule has 2 heterocycles. The van der Waals surface area contributed by atoms with Crippen LogP contribution in [0.1, 0.15) is 32.3 Å². The highest BCUT2D eigenvalue weighted by atomic mass is 15.1. The second-order valence-corrected chi connectivity index (χ2v) is 6.00. The lowest BCUT2D eigenvalue weighted by molar-refractivity contribution is 0.415. The number of hydrogen-bond donors (Lipinski definition) is 1. The van der Waals surface area contributed by atoms with Crippen molar-refractivity contribution < 1.29 is 0 Å². The zero-order valence-electron chi connectivity index (χ0n) is 12.3. The predicted molar refractivity (Wildman–Crippen MR) is 77.9 cm³/mol. The highest BCUT2D eigenvalue weighted by molar-refractivity contribution is 5.08. The standard InChI is InChI=1S/C15H24N4/c1-15(2,3)17-12-13-6-5-9-19(13)10-7-14-16-8-11-18(14)4/h5-6,8-9,11,17H,7,10,12H2,1-4H3. The molecule has 4 nitrogen and oxygen atoms in total. The summed E-state index contributed by atoms with van der Waals surface area (Å²) < 4.78 is 4.38. The van der Waals surface area contributed by atoms with E-state index >= 15 is 0 Å².